The highest BCUT2D eigenvalue weighted by Gasteiger charge is 2.28. The Kier molecular flexibility index (Phi) is 12.7. The average molecular weight is 444 g/mol. The molecule has 0 aromatic rings. The van der Waals surface area contributed by atoms with E-state index in [0.29, 0.717) is 12.7 Å². The number of aldehydes is 1. The molecule has 31 heavy (non-hydrogen) atoms. The largest absolute Gasteiger partial charge is 0.481 e. The minimum atomic E-state index is -1.22. The minimum absolute atomic E-state index is 0.00996. The van der Waals surface area contributed by atoms with Crippen LogP contribution in [0.3, 0.4) is 0 Å². The summed E-state index contributed by atoms with van der Waals surface area (Å²) in [6.45, 7) is 4.97. The van der Waals surface area contributed by atoms with Gasteiger partial charge < -0.3 is 37.3 Å². The number of aliphatic carboxylic acids is 1. The fourth-order valence-electron chi connectivity index (χ4n) is 2.48. The van der Waals surface area contributed by atoms with E-state index >= 15 is 0 Å². The summed E-state index contributed by atoms with van der Waals surface area (Å²) in [6.07, 6.45) is 0.384. The third kappa shape index (κ3) is 11.1. The number of nitrogens with one attached hydrogen (secondary N) is 3. The molecule has 0 saturated heterocycles. The Labute approximate surface area is 180 Å². The maximum atomic E-state index is 12.6. The van der Waals surface area contributed by atoms with Crippen molar-refractivity contribution in [2.24, 2.45) is 17.4 Å². The third-order valence-electron chi connectivity index (χ3n) is 4.79. The molecule has 12 nitrogen and oxygen atoms in total. The fourth-order valence-corrected chi connectivity index (χ4v) is 2.48. The first-order valence-corrected chi connectivity index (χ1v) is 10.0. The van der Waals surface area contributed by atoms with Gasteiger partial charge in [0.15, 0.2) is 0 Å². The van der Waals surface area contributed by atoms with Crippen LogP contribution < -0.4 is 27.4 Å². The number of rotatable bonds is 15. The Morgan fingerprint density at radius 1 is 0.935 bits per heavy atom. The van der Waals surface area contributed by atoms with Gasteiger partial charge in [0.2, 0.25) is 23.6 Å². The second kappa shape index (κ2) is 14.1. The zero-order chi connectivity index (χ0) is 24.1. The topological polar surface area (TPSA) is 211 Å². The van der Waals surface area contributed by atoms with E-state index in [1.807, 2.05) is 6.92 Å². The lowest BCUT2D eigenvalue weighted by Gasteiger charge is -2.24. The molecule has 0 aromatic carbocycles. The second-order valence-corrected chi connectivity index (χ2v) is 7.39. The Hall–Kier alpha value is -3.02. The van der Waals surface area contributed by atoms with Crippen LogP contribution in [-0.2, 0) is 28.8 Å². The Balaban J connectivity index is 5.07. The van der Waals surface area contributed by atoms with Crippen LogP contribution in [0.25, 0.3) is 0 Å². The molecule has 0 aliphatic heterocycles. The summed E-state index contributed by atoms with van der Waals surface area (Å²) in [4.78, 5) is 69.9. The number of hydrogen-bond donors (Lipinski definition) is 6. The van der Waals surface area contributed by atoms with Crippen LogP contribution in [0.2, 0.25) is 0 Å². The van der Waals surface area contributed by atoms with E-state index in [-0.39, 0.29) is 25.2 Å². The second-order valence-electron chi connectivity index (χ2n) is 7.39. The van der Waals surface area contributed by atoms with Crippen molar-refractivity contribution in [3.63, 3.8) is 0 Å². The van der Waals surface area contributed by atoms with Gasteiger partial charge >= 0.3 is 5.97 Å². The van der Waals surface area contributed by atoms with Gasteiger partial charge in [-0.05, 0) is 25.7 Å². The van der Waals surface area contributed by atoms with Crippen LogP contribution in [0.5, 0.6) is 0 Å². The van der Waals surface area contributed by atoms with Gasteiger partial charge in [-0.25, -0.2) is 0 Å². The number of nitrogens with two attached hydrogens (primary N) is 2. The molecule has 0 aliphatic rings. The van der Waals surface area contributed by atoms with Crippen molar-refractivity contribution in [2.45, 2.75) is 77.0 Å². The van der Waals surface area contributed by atoms with E-state index in [0.717, 1.165) is 0 Å². The van der Waals surface area contributed by atoms with Crippen molar-refractivity contribution >= 4 is 35.9 Å². The third-order valence-corrected chi connectivity index (χ3v) is 4.79. The number of amides is 4. The molecule has 5 atom stereocenters. The average Bonchev–Trinajstić information content (AvgIpc) is 2.71. The predicted octanol–water partition coefficient (Wildman–Crippen LogP) is -1.84. The molecule has 4 amide bonds. The highest BCUT2D eigenvalue weighted by Crippen LogP contribution is 2.07. The number of carboxylic acid groups (broad SMARTS) is 1. The lowest BCUT2D eigenvalue weighted by atomic mass is 9.98. The van der Waals surface area contributed by atoms with E-state index in [1.165, 1.54) is 6.92 Å². The van der Waals surface area contributed by atoms with Gasteiger partial charge in [0.1, 0.15) is 18.4 Å². The van der Waals surface area contributed by atoms with Crippen molar-refractivity contribution in [3.8, 4) is 0 Å². The lowest BCUT2D eigenvalue weighted by Crippen LogP contribution is -2.56. The zero-order valence-corrected chi connectivity index (χ0v) is 18.1. The van der Waals surface area contributed by atoms with E-state index in [2.05, 4.69) is 16.0 Å². The molecule has 176 valence electrons. The van der Waals surface area contributed by atoms with Crippen LogP contribution in [-0.4, -0.2) is 65.2 Å². The van der Waals surface area contributed by atoms with Crippen LogP contribution in [0.4, 0.5) is 0 Å². The summed E-state index contributed by atoms with van der Waals surface area (Å²) >= 11 is 0. The van der Waals surface area contributed by atoms with E-state index in [1.54, 1.807) is 6.92 Å². The monoisotopic (exact) mass is 443 g/mol. The first-order chi connectivity index (χ1) is 14.4. The van der Waals surface area contributed by atoms with Gasteiger partial charge in [-0.1, -0.05) is 20.3 Å². The van der Waals surface area contributed by atoms with Crippen LogP contribution in [0, 0.1) is 5.92 Å². The van der Waals surface area contributed by atoms with Gasteiger partial charge in [-0.2, -0.15) is 0 Å². The molecule has 8 N–H and O–H groups in total. The number of carbonyl (C=O) groups is 6. The lowest BCUT2D eigenvalue weighted by molar-refractivity contribution is -0.138. The maximum Gasteiger partial charge on any atom is 0.303 e. The van der Waals surface area contributed by atoms with Gasteiger partial charge in [-0.3, -0.25) is 24.0 Å². The van der Waals surface area contributed by atoms with Gasteiger partial charge in [0.05, 0.1) is 12.1 Å². The summed E-state index contributed by atoms with van der Waals surface area (Å²) in [7, 11) is 0. The summed E-state index contributed by atoms with van der Waals surface area (Å²) in [6, 6.07) is -4.17. The molecular formula is C19H33N5O7. The molecule has 0 rings (SSSR count). The quantitative estimate of drug-likeness (QED) is 0.158. The predicted molar refractivity (Wildman–Crippen MR) is 110 cm³/mol. The fraction of sp³-hybridized carbons (Fsp3) is 0.684. The molecule has 0 saturated carbocycles. The van der Waals surface area contributed by atoms with E-state index in [4.69, 9.17) is 16.6 Å². The molecule has 0 spiro atoms. The molecule has 0 aliphatic carbocycles. The van der Waals surface area contributed by atoms with Gasteiger partial charge in [-0.15, -0.1) is 0 Å². The molecule has 0 bridgehead atoms. The standard InChI is InChI=1S/C19H33N5O7/c1-4-10(2)16(21)19(31)24-13(6-8-15(27)28)18(30)22-11(3)17(29)23-12(9-25)5-7-14(20)26/h9-13,16H,4-8,21H2,1-3H3,(H2,20,26)(H,22,30)(H,23,29)(H,24,31)(H,27,28)/t10-,11-,12-,13-,16-/m0/s1. The van der Waals surface area contributed by atoms with Crippen LogP contribution >= 0.6 is 0 Å². The van der Waals surface area contributed by atoms with Crippen LogP contribution in [0.15, 0.2) is 0 Å². The van der Waals surface area contributed by atoms with Crippen molar-refractivity contribution in [3.05, 3.63) is 0 Å². The first-order valence-electron chi connectivity index (χ1n) is 10.0. The highest BCUT2D eigenvalue weighted by atomic mass is 16.4. The summed E-state index contributed by atoms with van der Waals surface area (Å²) < 4.78 is 0. The first kappa shape index (κ1) is 28.0. The summed E-state index contributed by atoms with van der Waals surface area (Å²) in [5.41, 5.74) is 10.9. The molecular weight excluding hydrogens is 410 g/mol. The Morgan fingerprint density at radius 3 is 2.03 bits per heavy atom. The summed E-state index contributed by atoms with van der Waals surface area (Å²) in [5.74, 6) is -4.02. The van der Waals surface area contributed by atoms with Crippen molar-refractivity contribution in [2.75, 3.05) is 0 Å². The zero-order valence-electron chi connectivity index (χ0n) is 18.1. The molecule has 0 fully saturated rings. The van der Waals surface area contributed by atoms with E-state index < -0.39 is 60.2 Å². The van der Waals surface area contributed by atoms with Crippen LogP contribution in [0.1, 0.15) is 52.9 Å². The SMILES string of the molecule is CC[C@H](C)[C@H](N)C(=O)N[C@@H](CCC(=O)O)C(=O)N[C@@H](C)C(=O)N[C@H](C=O)CCC(N)=O. The number of carboxylic acids is 1. The van der Waals surface area contributed by atoms with Gasteiger partial charge in [0, 0.05) is 12.8 Å². The van der Waals surface area contributed by atoms with Gasteiger partial charge in [0.25, 0.3) is 0 Å². The molecule has 0 unspecified atom stereocenters. The molecule has 0 heterocycles. The highest BCUT2D eigenvalue weighted by molar-refractivity contribution is 5.93. The normalized spacial score (nSPS) is 15.5. The van der Waals surface area contributed by atoms with Crippen molar-refractivity contribution < 1.29 is 33.9 Å². The Bertz CT molecular complexity index is 670. The van der Waals surface area contributed by atoms with E-state index in [9.17, 15) is 28.8 Å². The smallest absolute Gasteiger partial charge is 0.303 e. The summed E-state index contributed by atoms with van der Waals surface area (Å²) in [5, 5.41) is 16.1. The number of carbonyl (C=O) groups excluding carboxylic acids is 5. The molecule has 0 radical (unpaired) electrons. The minimum Gasteiger partial charge on any atom is -0.481 e. The molecule has 0 aromatic heterocycles. The Morgan fingerprint density at radius 2 is 1.55 bits per heavy atom. The number of hydrogen-bond acceptors (Lipinski definition) is 7. The molecule has 12 heteroatoms. The number of primary amides is 1. The van der Waals surface area contributed by atoms with Crippen molar-refractivity contribution in [1.29, 1.82) is 0 Å². The van der Waals surface area contributed by atoms with Crippen molar-refractivity contribution in [1.82, 2.24) is 16.0 Å². The maximum absolute atomic E-state index is 12.6.